The molecule has 5 nitrogen and oxygen atoms in total. The van der Waals surface area contributed by atoms with Crippen LogP contribution in [0.2, 0.25) is 0 Å². The number of nitro groups is 1. The zero-order chi connectivity index (χ0) is 13.2. The first-order chi connectivity index (χ1) is 9.24. The molecular formula is C14H17N3O2. The number of benzene rings is 1. The summed E-state index contributed by atoms with van der Waals surface area (Å²) in [4.78, 5) is 10.7. The average Bonchev–Trinajstić information content (AvgIpc) is 2.81. The fraction of sp³-hybridized carbons (Fsp3) is 0.429. The van der Waals surface area contributed by atoms with Crippen LogP contribution in [0.3, 0.4) is 0 Å². The maximum atomic E-state index is 11.0. The summed E-state index contributed by atoms with van der Waals surface area (Å²) < 4.78 is 2.10. The van der Waals surface area contributed by atoms with Crippen LogP contribution in [0.15, 0.2) is 30.6 Å². The van der Waals surface area contributed by atoms with E-state index in [1.54, 1.807) is 12.1 Å². The van der Waals surface area contributed by atoms with Crippen LogP contribution in [0.1, 0.15) is 12.8 Å². The zero-order valence-electron chi connectivity index (χ0n) is 10.7. The molecule has 0 radical (unpaired) electrons. The van der Waals surface area contributed by atoms with Gasteiger partial charge in [-0.3, -0.25) is 10.1 Å². The highest BCUT2D eigenvalue weighted by molar-refractivity contribution is 5.90. The Morgan fingerprint density at radius 2 is 2.11 bits per heavy atom. The number of nitro benzene ring substituents is 1. The van der Waals surface area contributed by atoms with Crippen LogP contribution in [-0.4, -0.2) is 22.6 Å². The van der Waals surface area contributed by atoms with Crippen LogP contribution < -0.4 is 5.32 Å². The minimum absolute atomic E-state index is 0.196. The molecule has 3 rings (SSSR count). The molecule has 0 aliphatic carbocycles. The summed E-state index contributed by atoms with van der Waals surface area (Å²) >= 11 is 0. The number of piperidine rings is 1. The molecule has 0 saturated carbocycles. The molecule has 1 aromatic carbocycles. The summed E-state index contributed by atoms with van der Waals surface area (Å²) in [5, 5.41) is 16.0. The lowest BCUT2D eigenvalue weighted by atomic mass is 9.98. The summed E-state index contributed by atoms with van der Waals surface area (Å²) in [6, 6.07) is 5.24. The van der Waals surface area contributed by atoms with E-state index in [-0.39, 0.29) is 10.6 Å². The van der Waals surface area contributed by atoms with Gasteiger partial charge in [-0.2, -0.15) is 0 Å². The van der Waals surface area contributed by atoms with Gasteiger partial charge in [0, 0.05) is 30.4 Å². The molecule has 2 aromatic rings. The number of fused-ring (bicyclic) bond motifs is 1. The van der Waals surface area contributed by atoms with Crippen molar-refractivity contribution in [3.8, 4) is 0 Å². The molecular weight excluding hydrogens is 242 g/mol. The van der Waals surface area contributed by atoms with Gasteiger partial charge in [-0.15, -0.1) is 0 Å². The Hall–Kier alpha value is -1.88. The fourth-order valence-corrected chi connectivity index (χ4v) is 2.83. The molecule has 5 heteroatoms. The van der Waals surface area contributed by atoms with E-state index in [9.17, 15) is 10.1 Å². The standard InChI is InChI=1S/C14H17N3O2/c18-17(19)14-3-1-2-12-9-16(10-13(12)14)8-11-4-6-15-7-5-11/h1-3,9-11,15H,4-8H2. The fourth-order valence-electron chi connectivity index (χ4n) is 2.83. The first kappa shape index (κ1) is 12.2. The SMILES string of the molecule is O=[N+]([O-])c1cccc2cn(CC3CCNCC3)cc12. The predicted octanol–water partition coefficient (Wildman–Crippen LogP) is 2.55. The van der Waals surface area contributed by atoms with Gasteiger partial charge in [-0.1, -0.05) is 12.1 Å². The molecule has 0 amide bonds. The topological polar surface area (TPSA) is 60.1 Å². The monoisotopic (exact) mass is 259 g/mol. The van der Waals surface area contributed by atoms with E-state index in [0.717, 1.165) is 30.4 Å². The van der Waals surface area contributed by atoms with Crippen molar-refractivity contribution in [3.63, 3.8) is 0 Å². The van der Waals surface area contributed by atoms with Gasteiger partial charge in [0.15, 0.2) is 0 Å². The van der Waals surface area contributed by atoms with E-state index < -0.39 is 0 Å². The predicted molar refractivity (Wildman–Crippen MR) is 74.2 cm³/mol. The molecule has 0 bridgehead atoms. The second-order valence-corrected chi connectivity index (χ2v) is 5.19. The number of aromatic nitrogens is 1. The van der Waals surface area contributed by atoms with Crippen molar-refractivity contribution >= 4 is 16.5 Å². The van der Waals surface area contributed by atoms with Crippen molar-refractivity contribution in [3.05, 3.63) is 40.7 Å². The molecule has 1 aliphatic rings. The lowest BCUT2D eigenvalue weighted by molar-refractivity contribution is -0.383. The van der Waals surface area contributed by atoms with Crippen LogP contribution in [-0.2, 0) is 6.54 Å². The second-order valence-electron chi connectivity index (χ2n) is 5.19. The highest BCUT2D eigenvalue weighted by atomic mass is 16.6. The molecule has 1 aromatic heterocycles. The van der Waals surface area contributed by atoms with Crippen molar-refractivity contribution in [2.24, 2.45) is 5.92 Å². The Morgan fingerprint density at radius 1 is 1.32 bits per heavy atom. The first-order valence-corrected chi connectivity index (χ1v) is 6.67. The van der Waals surface area contributed by atoms with Gasteiger partial charge in [0.2, 0.25) is 0 Å². The molecule has 0 atom stereocenters. The van der Waals surface area contributed by atoms with Gasteiger partial charge in [0.1, 0.15) is 0 Å². The minimum atomic E-state index is -0.308. The molecule has 1 aliphatic heterocycles. The smallest absolute Gasteiger partial charge is 0.278 e. The largest absolute Gasteiger partial charge is 0.352 e. The van der Waals surface area contributed by atoms with Crippen LogP contribution in [0.5, 0.6) is 0 Å². The highest BCUT2D eigenvalue weighted by Gasteiger charge is 2.16. The van der Waals surface area contributed by atoms with E-state index in [2.05, 4.69) is 9.88 Å². The van der Waals surface area contributed by atoms with Crippen molar-refractivity contribution in [1.29, 1.82) is 0 Å². The summed E-state index contributed by atoms with van der Waals surface area (Å²) in [5.74, 6) is 0.669. The zero-order valence-corrected chi connectivity index (χ0v) is 10.7. The first-order valence-electron chi connectivity index (χ1n) is 6.67. The van der Waals surface area contributed by atoms with E-state index in [1.165, 1.54) is 12.8 Å². The van der Waals surface area contributed by atoms with Gasteiger partial charge in [-0.05, 0) is 31.8 Å². The Bertz CT molecular complexity index is 600. The Labute approximate surface area is 111 Å². The normalized spacial score (nSPS) is 16.8. The maximum absolute atomic E-state index is 11.0. The van der Waals surface area contributed by atoms with Crippen molar-refractivity contribution in [1.82, 2.24) is 9.88 Å². The average molecular weight is 259 g/mol. The van der Waals surface area contributed by atoms with E-state index in [0.29, 0.717) is 5.92 Å². The lowest BCUT2D eigenvalue weighted by Crippen LogP contribution is -2.29. The number of nitrogens with zero attached hydrogens (tertiary/aromatic N) is 2. The molecule has 0 unspecified atom stereocenters. The van der Waals surface area contributed by atoms with Crippen LogP contribution in [0, 0.1) is 16.0 Å². The number of hydrogen-bond donors (Lipinski definition) is 1. The summed E-state index contributed by atoms with van der Waals surface area (Å²) in [6.07, 6.45) is 6.28. The summed E-state index contributed by atoms with van der Waals surface area (Å²) in [7, 11) is 0. The molecule has 1 N–H and O–H groups in total. The van der Waals surface area contributed by atoms with Crippen molar-refractivity contribution < 1.29 is 4.92 Å². The van der Waals surface area contributed by atoms with Crippen LogP contribution in [0.4, 0.5) is 5.69 Å². The van der Waals surface area contributed by atoms with Gasteiger partial charge in [0.25, 0.3) is 5.69 Å². The molecule has 19 heavy (non-hydrogen) atoms. The quantitative estimate of drug-likeness (QED) is 0.680. The number of non-ortho nitro benzene ring substituents is 1. The number of hydrogen-bond acceptors (Lipinski definition) is 3. The molecule has 2 heterocycles. The van der Waals surface area contributed by atoms with Crippen LogP contribution in [0.25, 0.3) is 10.8 Å². The van der Waals surface area contributed by atoms with Crippen LogP contribution >= 0.6 is 0 Å². The van der Waals surface area contributed by atoms with E-state index in [4.69, 9.17) is 0 Å². The highest BCUT2D eigenvalue weighted by Crippen LogP contribution is 2.27. The second kappa shape index (κ2) is 5.01. The third-order valence-corrected chi connectivity index (χ3v) is 3.84. The molecule has 0 spiro atoms. The van der Waals surface area contributed by atoms with Crippen molar-refractivity contribution in [2.75, 3.05) is 13.1 Å². The van der Waals surface area contributed by atoms with Gasteiger partial charge >= 0.3 is 0 Å². The molecule has 1 fully saturated rings. The minimum Gasteiger partial charge on any atom is -0.352 e. The van der Waals surface area contributed by atoms with Gasteiger partial charge < -0.3 is 9.88 Å². The molecule has 1 saturated heterocycles. The van der Waals surface area contributed by atoms with E-state index in [1.807, 2.05) is 18.5 Å². The maximum Gasteiger partial charge on any atom is 0.278 e. The lowest BCUT2D eigenvalue weighted by Gasteiger charge is -2.22. The molecule has 100 valence electrons. The summed E-state index contributed by atoms with van der Waals surface area (Å²) in [6.45, 7) is 3.10. The summed E-state index contributed by atoms with van der Waals surface area (Å²) in [5.41, 5.74) is 0.196. The Balaban J connectivity index is 1.88. The van der Waals surface area contributed by atoms with E-state index >= 15 is 0 Å². The third-order valence-electron chi connectivity index (χ3n) is 3.84. The Kier molecular flexibility index (Phi) is 3.21. The Morgan fingerprint density at radius 3 is 2.84 bits per heavy atom. The van der Waals surface area contributed by atoms with Gasteiger partial charge in [0.05, 0.1) is 10.3 Å². The van der Waals surface area contributed by atoms with Crippen molar-refractivity contribution in [2.45, 2.75) is 19.4 Å². The third kappa shape index (κ3) is 2.46. The van der Waals surface area contributed by atoms with Gasteiger partial charge in [-0.25, -0.2) is 0 Å². The number of rotatable bonds is 3. The number of nitrogens with one attached hydrogen (secondary N) is 1.